The normalized spacial score (nSPS) is 11.6. The van der Waals surface area contributed by atoms with Gasteiger partial charge < -0.3 is 5.32 Å². The molecule has 0 heterocycles. The van der Waals surface area contributed by atoms with Crippen LogP contribution in [0.4, 0.5) is 0 Å². The van der Waals surface area contributed by atoms with Crippen LogP contribution in [0.25, 0.3) is 0 Å². The summed E-state index contributed by atoms with van der Waals surface area (Å²) in [6.07, 6.45) is 1.57. The second kappa shape index (κ2) is 6.37. The average Bonchev–Trinajstić information content (AvgIpc) is 2.25. The van der Waals surface area contributed by atoms with Gasteiger partial charge in [0.2, 0.25) is 0 Å². The van der Waals surface area contributed by atoms with E-state index in [2.05, 4.69) is 21.2 Å². The van der Waals surface area contributed by atoms with Crippen molar-refractivity contribution in [3.05, 3.63) is 28.7 Å². The number of unbranched alkanes of at least 4 members (excludes halogenated alkanes) is 1. The highest BCUT2D eigenvalue weighted by Gasteiger charge is 2.13. The van der Waals surface area contributed by atoms with Crippen molar-refractivity contribution in [2.24, 2.45) is 0 Å². The summed E-state index contributed by atoms with van der Waals surface area (Å²) in [4.78, 5) is 0.403. The van der Waals surface area contributed by atoms with E-state index in [0.29, 0.717) is 11.3 Å². The van der Waals surface area contributed by atoms with Crippen molar-refractivity contribution in [1.82, 2.24) is 5.32 Å². The third-order valence-corrected chi connectivity index (χ3v) is 4.61. The van der Waals surface area contributed by atoms with E-state index in [1.54, 1.807) is 24.3 Å². The number of halogens is 1. The molecule has 1 aromatic rings. The summed E-state index contributed by atoms with van der Waals surface area (Å²) in [6.45, 7) is 0.857. The van der Waals surface area contributed by atoms with Crippen LogP contribution in [-0.2, 0) is 9.84 Å². The van der Waals surface area contributed by atoms with E-state index in [-0.39, 0.29) is 5.75 Å². The molecule has 0 fully saturated rings. The van der Waals surface area contributed by atoms with Crippen molar-refractivity contribution in [2.75, 3.05) is 19.3 Å². The zero-order valence-electron chi connectivity index (χ0n) is 9.24. The van der Waals surface area contributed by atoms with E-state index >= 15 is 0 Å². The molecule has 0 aliphatic carbocycles. The summed E-state index contributed by atoms with van der Waals surface area (Å²) in [7, 11) is -1.24. The minimum absolute atomic E-state index is 0.219. The molecule has 0 spiro atoms. The van der Waals surface area contributed by atoms with Crippen LogP contribution in [0, 0.1) is 0 Å². The molecule has 0 saturated carbocycles. The highest BCUT2D eigenvalue weighted by Crippen LogP contribution is 2.16. The Morgan fingerprint density at radius 3 is 2.38 bits per heavy atom. The van der Waals surface area contributed by atoms with E-state index in [0.717, 1.165) is 17.4 Å². The lowest BCUT2D eigenvalue weighted by Crippen LogP contribution is -2.11. The maximum atomic E-state index is 11.9. The number of benzene rings is 1. The predicted octanol–water partition coefficient (Wildman–Crippen LogP) is 2.22. The Labute approximate surface area is 105 Å². The number of sulfone groups is 1. The first-order chi connectivity index (χ1) is 7.56. The molecule has 0 aliphatic heterocycles. The molecule has 0 amide bonds. The zero-order valence-corrected chi connectivity index (χ0v) is 11.6. The van der Waals surface area contributed by atoms with Crippen LogP contribution in [0.5, 0.6) is 0 Å². The summed E-state index contributed by atoms with van der Waals surface area (Å²) in [5.74, 6) is 0.219. The number of hydrogen-bond donors (Lipinski definition) is 1. The minimum Gasteiger partial charge on any atom is -0.320 e. The molecule has 0 unspecified atom stereocenters. The van der Waals surface area contributed by atoms with Crippen LogP contribution in [0.1, 0.15) is 12.8 Å². The monoisotopic (exact) mass is 305 g/mol. The molecule has 1 N–H and O–H groups in total. The lowest BCUT2D eigenvalue weighted by Gasteiger charge is -2.04. The molecule has 0 aliphatic rings. The molecular weight excluding hydrogens is 290 g/mol. The molecule has 0 saturated heterocycles. The molecule has 16 heavy (non-hydrogen) atoms. The van der Waals surface area contributed by atoms with Crippen LogP contribution in [-0.4, -0.2) is 27.8 Å². The zero-order chi connectivity index (χ0) is 12.0. The van der Waals surface area contributed by atoms with Crippen molar-refractivity contribution in [3.63, 3.8) is 0 Å². The van der Waals surface area contributed by atoms with E-state index in [9.17, 15) is 8.42 Å². The third-order valence-electron chi connectivity index (χ3n) is 2.26. The van der Waals surface area contributed by atoms with Crippen molar-refractivity contribution in [1.29, 1.82) is 0 Å². The van der Waals surface area contributed by atoms with Crippen LogP contribution >= 0.6 is 15.9 Å². The molecule has 0 radical (unpaired) electrons. The standard InChI is InChI=1S/C11H16BrNO2S/c1-13-8-2-3-9-16(14,15)11-6-4-10(12)5-7-11/h4-7,13H,2-3,8-9H2,1H3. The van der Waals surface area contributed by atoms with Crippen molar-refractivity contribution >= 4 is 25.8 Å². The fourth-order valence-electron chi connectivity index (χ4n) is 1.35. The van der Waals surface area contributed by atoms with Crippen molar-refractivity contribution < 1.29 is 8.42 Å². The Bertz CT molecular complexity index is 414. The van der Waals surface area contributed by atoms with Gasteiger partial charge in [0, 0.05) is 4.47 Å². The second-order valence-electron chi connectivity index (χ2n) is 3.58. The molecule has 1 aromatic carbocycles. The van der Waals surface area contributed by atoms with Crippen LogP contribution in [0.2, 0.25) is 0 Å². The molecule has 0 atom stereocenters. The third kappa shape index (κ3) is 4.23. The smallest absolute Gasteiger partial charge is 0.178 e. The van der Waals surface area contributed by atoms with Gasteiger partial charge in [0.1, 0.15) is 0 Å². The molecular formula is C11H16BrNO2S. The Hall–Kier alpha value is -0.390. The van der Waals surface area contributed by atoms with Gasteiger partial charge in [-0.1, -0.05) is 15.9 Å². The van der Waals surface area contributed by atoms with Crippen LogP contribution in [0.3, 0.4) is 0 Å². The number of nitrogens with one attached hydrogen (secondary N) is 1. The summed E-state index contributed by atoms with van der Waals surface area (Å²) in [5, 5.41) is 3.00. The number of hydrogen-bond acceptors (Lipinski definition) is 3. The maximum absolute atomic E-state index is 11.9. The second-order valence-corrected chi connectivity index (χ2v) is 6.61. The summed E-state index contributed by atoms with van der Waals surface area (Å²) in [5.41, 5.74) is 0. The van der Waals surface area contributed by atoms with Gasteiger partial charge in [-0.05, 0) is 50.7 Å². The van der Waals surface area contributed by atoms with Crippen LogP contribution < -0.4 is 5.32 Å². The Kier molecular flexibility index (Phi) is 5.44. The van der Waals surface area contributed by atoms with E-state index in [1.807, 2.05) is 7.05 Å². The van der Waals surface area contributed by atoms with Gasteiger partial charge in [-0.15, -0.1) is 0 Å². The highest BCUT2D eigenvalue weighted by molar-refractivity contribution is 9.10. The fraction of sp³-hybridized carbons (Fsp3) is 0.455. The molecule has 5 heteroatoms. The molecule has 3 nitrogen and oxygen atoms in total. The van der Waals surface area contributed by atoms with E-state index in [1.165, 1.54) is 0 Å². The lowest BCUT2D eigenvalue weighted by atomic mass is 10.3. The van der Waals surface area contributed by atoms with Gasteiger partial charge in [0.05, 0.1) is 10.6 Å². The Balaban J connectivity index is 2.60. The molecule has 0 aromatic heterocycles. The van der Waals surface area contributed by atoms with E-state index < -0.39 is 9.84 Å². The summed E-state index contributed by atoms with van der Waals surface area (Å²) in [6, 6.07) is 6.77. The van der Waals surface area contributed by atoms with Gasteiger partial charge in [-0.3, -0.25) is 0 Å². The van der Waals surface area contributed by atoms with E-state index in [4.69, 9.17) is 0 Å². The Morgan fingerprint density at radius 1 is 1.19 bits per heavy atom. The van der Waals surface area contributed by atoms with Gasteiger partial charge in [-0.2, -0.15) is 0 Å². The van der Waals surface area contributed by atoms with Crippen LogP contribution in [0.15, 0.2) is 33.6 Å². The lowest BCUT2D eigenvalue weighted by molar-refractivity contribution is 0.590. The van der Waals surface area contributed by atoms with Gasteiger partial charge in [-0.25, -0.2) is 8.42 Å². The first kappa shape index (κ1) is 13.7. The maximum Gasteiger partial charge on any atom is 0.178 e. The SMILES string of the molecule is CNCCCCS(=O)(=O)c1ccc(Br)cc1. The summed E-state index contributed by atoms with van der Waals surface area (Å²) >= 11 is 3.28. The topological polar surface area (TPSA) is 46.2 Å². The molecule has 0 bridgehead atoms. The quantitative estimate of drug-likeness (QED) is 0.820. The fourth-order valence-corrected chi connectivity index (χ4v) is 2.99. The van der Waals surface area contributed by atoms with Crippen molar-refractivity contribution in [2.45, 2.75) is 17.7 Å². The summed E-state index contributed by atoms with van der Waals surface area (Å²) < 4.78 is 24.6. The number of rotatable bonds is 6. The average molecular weight is 306 g/mol. The van der Waals surface area contributed by atoms with Crippen molar-refractivity contribution in [3.8, 4) is 0 Å². The largest absolute Gasteiger partial charge is 0.320 e. The van der Waals surface area contributed by atoms with Gasteiger partial charge >= 0.3 is 0 Å². The van der Waals surface area contributed by atoms with Gasteiger partial charge in [0.25, 0.3) is 0 Å². The Morgan fingerprint density at radius 2 is 1.81 bits per heavy atom. The predicted molar refractivity (Wildman–Crippen MR) is 69.4 cm³/mol. The first-order valence-corrected chi connectivity index (χ1v) is 7.64. The minimum atomic E-state index is -3.11. The molecule has 1 rings (SSSR count). The highest BCUT2D eigenvalue weighted by atomic mass is 79.9. The first-order valence-electron chi connectivity index (χ1n) is 5.19. The van der Waals surface area contributed by atoms with Gasteiger partial charge in [0.15, 0.2) is 9.84 Å². The molecule has 90 valence electrons.